The Hall–Kier alpha value is -2.04. The normalized spacial score (nSPS) is 14.9. The first-order chi connectivity index (χ1) is 11.5. The smallest absolute Gasteiger partial charge is 0.328 e. The minimum atomic E-state index is -0.571. The second-order valence-electron chi connectivity index (χ2n) is 6.66. The second kappa shape index (κ2) is 8.71. The van der Waals surface area contributed by atoms with E-state index in [9.17, 15) is 9.59 Å². The van der Waals surface area contributed by atoms with Crippen LogP contribution in [0.25, 0.3) is 0 Å². The molecule has 1 aliphatic heterocycles. The van der Waals surface area contributed by atoms with E-state index in [1.165, 1.54) is 18.2 Å². The van der Waals surface area contributed by atoms with Gasteiger partial charge in [0, 0.05) is 25.7 Å². The number of nitrogens with zero attached hydrogens (tertiary/aromatic N) is 1. The summed E-state index contributed by atoms with van der Waals surface area (Å²) in [5.74, 6) is -0.551. The molecular weight excluding hydrogens is 304 g/mol. The van der Waals surface area contributed by atoms with E-state index in [1.54, 1.807) is 0 Å². The third-order valence-corrected chi connectivity index (χ3v) is 4.30. The molecule has 132 valence electrons. The van der Waals surface area contributed by atoms with Crippen molar-refractivity contribution in [1.82, 2.24) is 5.32 Å². The predicted octanol–water partition coefficient (Wildman–Crippen LogP) is 2.53. The zero-order chi connectivity index (χ0) is 17.5. The highest BCUT2D eigenvalue weighted by Crippen LogP contribution is 2.26. The average molecular weight is 332 g/mol. The highest BCUT2D eigenvalue weighted by atomic mass is 16.5. The highest BCUT2D eigenvalue weighted by molar-refractivity contribution is 5.83. The van der Waals surface area contributed by atoms with Gasteiger partial charge in [0.05, 0.1) is 6.61 Å². The molecule has 0 radical (unpaired) electrons. The van der Waals surface area contributed by atoms with Gasteiger partial charge in [-0.2, -0.15) is 0 Å². The molecule has 0 aromatic heterocycles. The summed E-state index contributed by atoms with van der Waals surface area (Å²) in [5, 5.41) is 2.66. The fraction of sp³-hybridized carbons (Fsp3) is 0.579. The van der Waals surface area contributed by atoms with Crippen LogP contribution < -0.4 is 10.2 Å². The molecule has 0 spiro atoms. The van der Waals surface area contributed by atoms with Crippen LogP contribution in [0.3, 0.4) is 0 Å². The molecule has 1 atom stereocenters. The van der Waals surface area contributed by atoms with E-state index in [4.69, 9.17) is 4.74 Å². The van der Waals surface area contributed by atoms with Crippen LogP contribution in [0.2, 0.25) is 0 Å². The first-order valence-corrected chi connectivity index (χ1v) is 8.75. The molecule has 0 saturated heterocycles. The molecule has 1 amide bonds. The number of nitrogens with one attached hydrogen (secondary N) is 1. The molecule has 1 aromatic rings. The van der Waals surface area contributed by atoms with Crippen molar-refractivity contribution < 1.29 is 14.3 Å². The summed E-state index contributed by atoms with van der Waals surface area (Å²) in [6.45, 7) is 7.50. The fourth-order valence-corrected chi connectivity index (χ4v) is 3.08. The van der Waals surface area contributed by atoms with Crippen LogP contribution in [-0.2, 0) is 20.7 Å². The number of carbonyl (C=O) groups is 2. The topological polar surface area (TPSA) is 58.6 Å². The zero-order valence-electron chi connectivity index (χ0n) is 14.9. The molecule has 1 heterocycles. The molecule has 0 saturated carbocycles. The molecule has 1 aliphatic rings. The van der Waals surface area contributed by atoms with Gasteiger partial charge in [0.15, 0.2) is 0 Å². The van der Waals surface area contributed by atoms with Gasteiger partial charge >= 0.3 is 5.97 Å². The molecule has 0 bridgehead atoms. The van der Waals surface area contributed by atoms with E-state index < -0.39 is 6.04 Å². The molecule has 5 heteroatoms. The molecule has 0 unspecified atom stereocenters. The van der Waals surface area contributed by atoms with Gasteiger partial charge in [0.1, 0.15) is 6.04 Å². The summed E-state index contributed by atoms with van der Waals surface area (Å²) >= 11 is 0. The number of fused-ring (bicyclic) bond motifs is 1. The van der Waals surface area contributed by atoms with E-state index in [2.05, 4.69) is 34.5 Å². The minimum Gasteiger partial charge on any atom is -0.464 e. The lowest BCUT2D eigenvalue weighted by molar-refractivity contribution is -0.149. The van der Waals surface area contributed by atoms with Crippen LogP contribution in [-0.4, -0.2) is 37.6 Å². The van der Waals surface area contributed by atoms with Crippen molar-refractivity contribution in [2.75, 3.05) is 24.6 Å². The fourth-order valence-electron chi connectivity index (χ4n) is 3.08. The quantitative estimate of drug-likeness (QED) is 0.616. The van der Waals surface area contributed by atoms with Gasteiger partial charge < -0.3 is 15.0 Å². The number of hydrogen-bond acceptors (Lipinski definition) is 4. The Balaban J connectivity index is 1.79. The average Bonchev–Trinajstić information content (AvgIpc) is 2.56. The van der Waals surface area contributed by atoms with Gasteiger partial charge in [0.25, 0.3) is 0 Å². The lowest BCUT2D eigenvalue weighted by Crippen LogP contribution is -2.44. The van der Waals surface area contributed by atoms with Crippen LogP contribution in [0.5, 0.6) is 0 Å². The lowest BCUT2D eigenvalue weighted by atomic mass is 10.0. The summed E-state index contributed by atoms with van der Waals surface area (Å²) in [6, 6.07) is 7.92. The Morgan fingerprint density at radius 2 is 2.04 bits per heavy atom. The van der Waals surface area contributed by atoms with Gasteiger partial charge in [-0.15, -0.1) is 0 Å². The van der Waals surface area contributed by atoms with Crippen LogP contribution in [0.15, 0.2) is 24.3 Å². The third kappa shape index (κ3) is 4.98. The monoisotopic (exact) mass is 332 g/mol. The minimum absolute atomic E-state index is 0.00960. The van der Waals surface area contributed by atoms with Crippen LogP contribution in [0.4, 0.5) is 5.69 Å². The number of anilines is 1. The molecular formula is C19H28N2O3. The number of amides is 1. The molecule has 1 aromatic carbocycles. The van der Waals surface area contributed by atoms with Crippen LogP contribution in [0, 0.1) is 5.92 Å². The Morgan fingerprint density at radius 3 is 2.75 bits per heavy atom. The maximum atomic E-state index is 12.1. The summed E-state index contributed by atoms with van der Waals surface area (Å²) in [6.07, 6.45) is 3.08. The second-order valence-corrected chi connectivity index (χ2v) is 6.66. The van der Waals surface area contributed by atoms with Crippen LogP contribution in [0.1, 0.15) is 39.2 Å². The first-order valence-electron chi connectivity index (χ1n) is 8.75. The predicted molar refractivity (Wildman–Crippen MR) is 95.0 cm³/mol. The number of benzene rings is 1. The van der Waals surface area contributed by atoms with Crippen molar-refractivity contribution in [2.24, 2.45) is 5.92 Å². The van der Waals surface area contributed by atoms with Crippen molar-refractivity contribution in [1.29, 1.82) is 0 Å². The molecule has 0 aliphatic carbocycles. The van der Waals surface area contributed by atoms with E-state index in [0.29, 0.717) is 6.61 Å². The first kappa shape index (κ1) is 18.3. The van der Waals surface area contributed by atoms with E-state index in [1.807, 2.05) is 13.8 Å². The summed E-state index contributed by atoms with van der Waals surface area (Å²) in [7, 11) is 0. The number of ether oxygens (including phenoxy) is 1. The number of rotatable bonds is 7. The highest BCUT2D eigenvalue weighted by Gasteiger charge is 2.24. The molecule has 1 N–H and O–H groups in total. The Bertz CT molecular complexity index is 571. The Labute approximate surface area is 144 Å². The van der Waals surface area contributed by atoms with Crippen LogP contribution >= 0.6 is 0 Å². The van der Waals surface area contributed by atoms with Gasteiger partial charge in [0.2, 0.25) is 5.91 Å². The van der Waals surface area contributed by atoms with E-state index >= 15 is 0 Å². The molecule has 5 nitrogen and oxygen atoms in total. The Morgan fingerprint density at radius 1 is 1.29 bits per heavy atom. The van der Waals surface area contributed by atoms with Crippen molar-refractivity contribution >= 4 is 17.6 Å². The number of esters is 1. The number of para-hydroxylation sites is 1. The van der Waals surface area contributed by atoms with Gasteiger partial charge in [-0.1, -0.05) is 32.0 Å². The number of hydrogen-bond donors (Lipinski definition) is 1. The Kier molecular flexibility index (Phi) is 6.64. The standard InChI is InChI=1S/C19H28N2O3/c1-14(2)18(20-15(3)22)19(23)24-13-7-12-21-11-6-9-16-8-4-5-10-17(16)21/h4-5,8,10,14,18H,6-7,9,11-13H2,1-3H3,(H,20,22)/t18-/m0/s1. The number of aryl methyl sites for hydroxylation is 1. The van der Waals surface area contributed by atoms with Gasteiger partial charge in [-0.05, 0) is 36.8 Å². The van der Waals surface area contributed by atoms with Gasteiger partial charge in [-0.25, -0.2) is 4.79 Å². The third-order valence-electron chi connectivity index (χ3n) is 4.30. The molecule has 24 heavy (non-hydrogen) atoms. The van der Waals surface area contributed by atoms with Crippen molar-refractivity contribution in [3.8, 4) is 0 Å². The lowest BCUT2D eigenvalue weighted by Gasteiger charge is -2.31. The van der Waals surface area contributed by atoms with E-state index in [0.717, 1.165) is 32.4 Å². The van der Waals surface area contributed by atoms with Crippen molar-refractivity contribution in [3.05, 3.63) is 29.8 Å². The van der Waals surface area contributed by atoms with Crippen molar-refractivity contribution in [2.45, 2.75) is 46.1 Å². The zero-order valence-corrected chi connectivity index (χ0v) is 14.9. The van der Waals surface area contributed by atoms with Crippen molar-refractivity contribution in [3.63, 3.8) is 0 Å². The summed E-state index contributed by atoms with van der Waals surface area (Å²) in [5.41, 5.74) is 2.69. The maximum Gasteiger partial charge on any atom is 0.328 e. The van der Waals surface area contributed by atoms with E-state index in [-0.39, 0.29) is 17.8 Å². The summed E-state index contributed by atoms with van der Waals surface area (Å²) < 4.78 is 5.37. The molecule has 2 rings (SSSR count). The largest absolute Gasteiger partial charge is 0.464 e. The molecule has 0 fully saturated rings. The van der Waals surface area contributed by atoms with Gasteiger partial charge in [-0.3, -0.25) is 4.79 Å². The maximum absolute atomic E-state index is 12.1. The SMILES string of the molecule is CC(=O)N[C@H](C(=O)OCCCN1CCCc2ccccc21)C(C)C. The summed E-state index contributed by atoms with van der Waals surface area (Å²) in [4.78, 5) is 25.7. The number of carbonyl (C=O) groups excluding carboxylic acids is 2.